The summed E-state index contributed by atoms with van der Waals surface area (Å²) in [7, 11) is 6.19. The molecular formula is C29H57FN8O. The van der Waals surface area contributed by atoms with Gasteiger partial charge in [-0.15, -0.1) is 0 Å². The Morgan fingerprint density at radius 3 is 2.59 bits per heavy atom. The maximum absolute atomic E-state index is 15.1. The summed E-state index contributed by atoms with van der Waals surface area (Å²) < 4.78 is 15.1. The zero-order chi connectivity index (χ0) is 28.5. The third-order valence-corrected chi connectivity index (χ3v) is 10.9. The van der Waals surface area contributed by atoms with Crippen molar-refractivity contribution in [3.63, 3.8) is 0 Å². The molecule has 39 heavy (non-hydrogen) atoms. The molecule has 0 aromatic rings. The highest BCUT2D eigenvalue weighted by Gasteiger charge is 2.65. The Bertz CT molecular complexity index is 831. The molecular weight excluding hydrogens is 495 g/mol. The van der Waals surface area contributed by atoms with Gasteiger partial charge in [0.05, 0.1) is 18.1 Å². The van der Waals surface area contributed by atoms with Crippen LogP contribution in [0, 0.1) is 22.7 Å². The van der Waals surface area contributed by atoms with Crippen LogP contribution in [0.25, 0.3) is 0 Å². The van der Waals surface area contributed by atoms with Crippen LogP contribution in [-0.4, -0.2) is 123 Å². The molecule has 9 nitrogen and oxygen atoms in total. The number of nitrogens with zero attached hydrogens (tertiary/aromatic N) is 4. The highest BCUT2D eigenvalue weighted by molar-refractivity contribution is 5.80. The van der Waals surface area contributed by atoms with Crippen molar-refractivity contribution in [3.05, 3.63) is 0 Å². The lowest BCUT2D eigenvalue weighted by atomic mass is 9.77. The number of carbonyl (C=O) groups excluding carboxylic acids is 1. The lowest BCUT2D eigenvalue weighted by molar-refractivity contribution is -0.130. The van der Waals surface area contributed by atoms with Gasteiger partial charge in [0.2, 0.25) is 5.91 Å². The van der Waals surface area contributed by atoms with Crippen LogP contribution in [0.2, 0.25) is 0 Å². The number of fused-ring (bicyclic) bond motifs is 1. The fourth-order valence-electron chi connectivity index (χ4n) is 8.20. The van der Waals surface area contributed by atoms with E-state index >= 15 is 4.39 Å². The second-order valence-electron chi connectivity index (χ2n) is 13.8. The molecule has 4 aliphatic rings. The summed E-state index contributed by atoms with van der Waals surface area (Å²) in [6.07, 6.45) is 3.88. The molecule has 6 N–H and O–H groups in total. The fourth-order valence-corrected chi connectivity index (χ4v) is 8.20. The van der Waals surface area contributed by atoms with Crippen molar-refractivity contribution in [2.45, 2.75) is 89.8 Å². The van der Waals surface area contributed by atoms with Crippen LogP contribution in [0.4, 0.5) is 4.39 Å². The van der Waals surface area contributed by atoms with Crippen molar-refractivity contribution in [1.82, 2.24) is 30.5 Å². The van der Waals surface area contributed by atoms with Crippen molar-refractivity contribution >= 4 is 5.91 Å². The molecule has 4 rings (SSSR count). The molecule has 226 valence electrons. The average Bonchev–Trinajstić information content (AvgIpc) is 3.18. The minimum absolute atomic E-state index is 0.00103. The van der Waals surface area contributed by atoms with Crippen molar-refractivity contribution in [2.24, 2.45) is 34.1 Å². The first-order valence-corrected chi connectivity index (χ1v) is 15.4. The molecule has 4 fully saturated rings. The van der Waals surface area contributed by atoms with Crippen molar-refractivity contribution in [2.75, 3.05) is 67.0 Å². The highest BCUT2D eigenvalue weighted by Crippen LogP contribution is 2.71. The van der Waals surface area contributed by atoms with Gasteiger partial charge in [0.15, 0.2) is 0 Å². The second kappa shape index (κ2) is 12.5. The molecule has 3 aliphatic heterocycles. The molecule has 3 heterocycles. The van der Waals surface area contributed by atoms with Crippen LogP contribution in [0.15, 0.2) is 0 Å². The van der Waals surface area contributed by atoms with Gasteiger partial charge in [0.25, 0.3) is 0 Å². The van der Waals surface area contributed by atoms with Gasteiger partial charge in [0, 0.05) is 38.3 Å². The number of nitrogens with one attached hydrogen (secondary N) is 2. The first-order chi connectivity index (χ1) is 18.4. The van der Waals surface area contributed by atoms with Gasteiger partial charge in [-0.3, -0.25) is 15.1 Å². The normalized spacial score (nSPS) is 39.4. The Balaban J connectivity index is 1.50. The first kappa shape index (κ1) is 31.1. The zero-order valence-corrected chi connectivity index (χ0v) is 25.5. The third-order valence-electron chi connectivity index (χ3n) is 10.9. The first-order valence-electron chi connectivity index (χ1n) is 15.4. The summed E-state index contributed by atoms with van der Waals surface area (Å²) in [5, 5.41) is 5.82. The molecule has 1 saturated carbocycles. The summed E-state index contributed by atoms with van der Waals surface area (Å²) in [6.45, 7) is 12.8. The molecule has 1 aliphatic carbocycles. The number of amides is 1. The van der Waals surface area contributed by atoms with Crippen LogP contribution in [-0.2, 0) is 4.79 Å². The summed E-state index contributed by atoms with van der Waals surface area (Å²) >= 11 is 0. The van der Waals surface area contributed by atoms with Crippen LogP contribution >= 0.6 is 0 Å². The lowest BCUT2D eigenvalue weighted by Gasteiger charge is -2.45. The quantitative estimate of drug-likeness (QED) is 0.298. The number of hydrogen-bond acceptors (Lipinski definition) is 8. The average molecular weight is 553 g/mol. The largest absolute Gasteiger partial charge is 0.350 e. The minimum Gasteiger partial charge on any atom is -0.350 e. The monoisotopic (exact) mass is 552 g/mol. The molecule has 8 unspecified atom stereocenters. The molecule has 8 atom stereocenters. The zero-order valence-electron chi connectivity index (χ0n) is 25.5. The van der Waals surface area contributed by atoms with E-state index in [4.69, 9.17) is 11.5 Å². The molecule has 10 heteroatoms. The number of rotatable bonds is 10. The Morgan fingerprint density at radius 2 is 1.95 bits per heavy atom. The number of halogens is 1. The number of piperidine rings is 1. The number of carbonyl (C=O) groups is 1. The predicted octanol–water partition coefficient (Wildman–Crippen LogP) is 1.05. The van der Waals surface area contributed by atoms with Crippen molar-refractivity contribution in [3.8, 4) is 0 Å². The van der Waals surface area contributed by atoms with E-state index in [1.165, 1.54) is 0 Å². The molecule has 0 bridgehead atoms. The van der Waals surface area contributed by atoms with E-state index in [2.05, 4.69) is 60.4 Å². The van der Waals surface area contributed by atoms with Crippen molar-refractivity contribution < 1.29 is 9.18 Å². The molecule has 3 saturated heterocycles. The van der Waals surface area contributed by atoms with E-state index in [0.29, 0.717) is 18.9 Å². The second-order valence-corrected chi connectivity index (χ2v) is 13.8. The number of hydrogen-bond donors (Lipinski definition) is 4. The Hall–Kier alpha value is -0.880. The van der Waals surface area contributed by atoms with Gasteiger partial charge >= 0.3 is 0 Å². The number of alkyl halides is 1. The summed E-state index contributed by atoms with van der Waals surface area (Å²) in [5.41, 5.74) is 16.5. The van der Waals surface area contributed by atoms with E-state index in [1.54, 1.807) is 0 Å². The van der Waals surface area contributed by atoms with Crippen molar-refractivity contribution in [1.29, 1.82) is 0 Å². The Kier molecular flexibility index (Phi) is 10.00. The molecule has 1 amide bonds. The maximum atomic E-state index is 15.1. The van der Waals surface area contributed by atoms with E-state index < -0.39 is 18.3 Å². The van der Waals surface area contributed by atoms with Gasteiger partial charge in [-0.1, -0.05) is 20.8 Å². The summed E-state index contributed by atoms with van der Waals surface area (Å²) in [4.78, 5) is 20.8. The number of hydrazine groups is 1. The van der Waals surface area contributed by atoms with Gasteiger partial charge in [-0.2, -0.15) is 0 Å². The predicted molar refractivity (Wildman–Crippen MR) is 155 cm³/mol. The molecule has 0 aromatic carbocycles. The van der Waals surface area contributed by atoms with E-state index in [9.17, 15) is 4.79 Å². The molecule has 0 aromatic heterocycles. The lowest BCUT2D eigenvalue weighted by Crippen LogP contribution is -2.65. The Labute approximate surface area is 236 Å². The SMILES string of the molecule is CCN1CCC(N2CC(CCN(C)C)CN2)C(NC(=O)C(C(N)N)C2CC3(CC)CC3(C)CC(F)CN2C)C1. The van der Waals surface area contributed by atoms with Gasteiger partial charge in [-0.05, 0) is 96.1 Å². The van der Waals surface area contributed by atoms with Crippen LogP contribution in [0.5, 0.6) is 0 Å². The summed E-state index contributed by atoms with van der Waals surface area (Å²) in [6, 6.07) is 0.0105. The Morgan fingerprint density at radius 1 is 1.21 bits per heavy atom. The summed E-state index contributed by atoms with van der Waals surface area (Å²) in [5.74, 6) is -0.0678. The number of likely N-dealkylation sites (N-methyl/N-ethyl adjacent to an activating group) is 1. The van der Waals surface area contributed by atoms with Crippen LogP contribution < -0.4 is 22.2 Å². The third kappa shape index (κ3) is 6.79. The topological polar surface area (TPSA) is 106 Å². The van der Waals surface area contributed by atoms with Gasteiger partial charge in [-0.25, -0.2) is 9.40 Å². The number of likely N-dealkylation sites (tertiary alicyclic amines) is 2. The van der Waals surface area contributed by atoms with E-state index in [-0.39, 0.29) is 34.9 Å². The van der Waals surface area contributed by atoms with Crippen LogP contribution in [0.1, 0.15) is 59.3 Å². The smallest absolute Gasteiger partial charge is 0.227 e. The number of nitrogens with two attached hydrogens (primary N) is 2. The maximum Gasteiger partial charge on any atom is 0.227 e. The molecule has 0 spiro atoms. The highest BCUT2D eigenvalue weighted by atomic mass is 19.1. The van der Waals surface area contributed by atoms with Crippen LogP contribution in [0.3, 0.4) is 0 Å². The molecule has 0 radical (unpaired) electrons. The van der Waals surface area contributed by atoms with E-state index in [0.717, 1.165) is 71.4 Å². The van der Waals surface area contributed by atoms with Gasteiger partial charge in [0.1, 0.15) is 6.17 Å². The standard InChI is InChI=1S/C29H57FN8O/c1-7-29-14-24(36(6)17-21(30)13-28(29,3)19-29)25(26(31)32)27(39)34-22-18-37(8-2)12-10-23(22)38-16-20(15-33-38)9-11-35(4)5/h20-26,33H,7-19,31-32H2,1-6H3,(H,34,39). The minimum atomic E-state index is -0.906. The van der Waals surface area contributed by atoms with E-state index in [1.807, 2.05) is 11.9 Å². The fraction of sp³-hybridized carbons (Fsp3) is 0.966. The van der Waals surface area contributed by atoms with Gasteiger partial charge < -0.3 is 26.6 Å².